The molecule has 31 heavy (non-hydrogen) atoms. The lowest BCUT2D eigenvalue weighted by Crippen LogP contribution is -2.42. The molecule has 0 saturated carbocycles. The fourth-order valence-corrected chi connectivity index (χ4v) is 3.69. The molecule has 0 spiro atoms. The molecule has 1 aliphatic heterocycles. The molecule has 1 atom stereocenters. The Morgan fingerprint density at radius 2 is 1.90 bits per heavy atom. The van der Waals surface area contributed by atoms with Gasteiger partial charge >= 0.3 is 6.36 Å². The van der Waals surface area contributed by atoms with Crippen LogP contribution in [0.2, 0.25) is 0 Å². The standard InChI is InChI=1S/C22H26F3N3O3/c1-3-12-27(2)15-17-5-4-13-28(17)21(29)16-6-11-20(26-14-16)30-18-7-9-19(10-8-18)31-22(23,24)25/h6-11,14,17H,3-5,12-13,15H2,1-2H3/t17-/m0/s1. The van der Waals surface area contributed by atoms with E-state index in [9.17, 15) is 18.0 Å². The van der Waals surface area contributed by atoms with Crippen molar-refractivity contribution in [2.45, 2.75) is 38.6 Å². The summed E-state index contributed by atoms with van der Waals surface area (Å²) in [5.74, 6) is 0.153. The van der Waals surface area contributed by atoms with Gasteiger partial charge < -0.3 is 19.3 Å². The van der Waals surface area contributed by atoms with Crippen molar-refractivity contribution in [3.8, 4) is 17.4 Å². The van der Waals surface area contributed by atoms with Crippen molar-refractivity contribution in [2.75, 3.05) is 26.7 Å². The largest absolute Gasteiger partial charge is 0.573 e. The number of alkyl halides is 3. The minimum Gasteiger partial charge on any atom is -0.439 e. The topological polar surface area (TPSA) is 54.9 Å². The molecule has 1 aliphatic rings. The lowest BCUT2D eigenvalue weighted by Gasteiger charge is -2.28. The number of carbonyl (C=O) groups excluding carboxylic acids is 1. The molecule has 1 amide bonds. The third-order valence-corrected chi connectivity index (χ3v) is 5.03. The van der Waals surface area contributed by atoms with Gasteiger partial charge in [0.05, 0.1) is 5.56 Å². The quantitative estimate of drug-likeness (QED) is 0.598. The van der Waals surface area contributed by atoms with Crippen molar-refractivity contribution < 1.29 is 27.4 Å². The van der Waals surface area contributed by atoms with Gasteiger partial charge in [0.25, 0.3) is 5.91 Å². The molecule has 2 heterocycles. The van der Waals surface area contributed by atoms with Gasteiger partial charge in [-0.1, -0.05) is 6.92 Å². The van der Waals surface area contributed by atoms with E-state index in [0.717, 1.165) is 51.0 Å². The van der Waals surface area contributed by atoms with Crippen LogP contribution >= 0.6 is 0 Å². The fourth-order valence-electron chi connectivity index (χ4n) is 3.69. The zero-order valence-electron chi connectivity index (χ0n) is 17.6. The Bertz CT molecular complexity index is 857. The number of hydrogen-bond donors (Lipinski definition) is 0. The molecule has 0 unspecified atom stereocenters. The van der Waals surface area contributed by atoms with Gasteiger partial charge in [0.1, 0.15) is 11.5 Å². The number of carbonyl (C=O) groups is 1. The molecule has 0 aliphatic carbocycles. The first-order valence-electron chi connectivity index (χ1n) is 10.2. The number of likely N-dealkylation sites (tertiary alicyclic amines) is 1. The summed E-state index contributed by atoms with van der Waals surface area (Å²) in [4.78, 5) is 21.3. The maximum Gasteiger partial charge on any atom is 0.573 e. The molecule has 0 radical (unpaired) electrons. The van der Waals surface area contributed by atoms with Crippen LogP contribution in [0.3, 0.4) is 0 Å². The average molecular weight is 437 g/mol. The molecule has 1 saturated heterocycles. The Morgan fingerprint density at radius 1 is 1.19 bits per heavy atom. The molecule has 1 aromatic carbocycles. The Labute approximate surface area is 179 Å². The van der Waals surface area contributed by atoms with Gasteiger partial charge in [0.2, 0.25) is 5.88 Å². The van der Waals surface area contributed by atoms with Crippen LogP contribution in [-0.2, 0) is 0 Å². The van der Waals surface area contributed by atoms with E-state index in [-0.39, 0.29) is 23.6 Å². The number of hydrogen-bond acceptors (Lipinski definition) is 5. The highest BCUT2D eigenvalue weighted by molar-refractivity contribution is 5.94. The van der Waals surface area contributed by atoms with Crippen LogP contribution in [0.25, 0.3) is 0 Å². The molecule has 1 fully saturated rings. The van der Waals surface area contributed by atoms with Crippen molar-refractivity contribution in [3.63, 3.8) is 0 Å². The smallest absolute Gasteiger partial charge is 0.439 e. The summed E-state index contributed by atoms with van der Waals surface area (Å²) in [5.41, 5.74) is 0.478. The molecule has 0 bridgehead atoms. The third-order valence-electron chi connectivity index (χ3n) is 5.03. The van der Waals surface area contributed by atoms with E-state index in [4.69, 9.17) is 4.74 Å². The van der Waals surface area contributed by atoms with Gasteiger partial charge in [-0.2, -0.15) is 0 Å². The van der Waals surface area contributed by atoms with E-state index in [1.165, 1.54) is 18.3 Å². The molecule has 168 valence electrons. The predicted octanol–water partition coefficient (Wildman–Crippen LogP) is 4.72. The second kappa shape index (κ2) is 10.00. The molecular formula is C22H26F3N3O3. The highest BCUT2D eigenvalue weighted by Crippen LogP contribution is 2.27. The third kappa shape index (κ3) is 6.58. The zero-order valence-corrected chi connectivity index (χ0v) is 17.6. The van der Waals surface area contributed by atoms with E-state index >= 15 is 0 Å². The van der Waals surface area contributed by atoms with Crippen LogP contribution in [0.15, 0.2) is 42.6 Å². The maximum atomic E-state index is 12.9. The monoisotopic (exact) mass is 437 g/mol. The second-order valence-electron chi connectivity index (χ2n) is 7.56. The van der Waals surface area contributed by atoms with Gasteiger partial charge in [0.15, 0.2) is 0 Å². The van der Waals surface area contributed by atoms with E-state index in [1.807, 2.05) is 4.90 Å². The van der Waals surface area contributed by atoms with Crippen LogP contribution in [-0.4, -0.2) is 59.8 Å². The minimum atomic E-state index is -4.74. The summed E-state index contributed by atoms with van der Waals surface area (Å²) >= 11 is 0. The van der Waals surface area contributed by atoms with Gasteiger partial charge in [-0.15, -0.1) is 13.2 Å². The highest BCUT2D eigenvalue weighted by atomic mass is 19.4. The Hall–Kier alpha value is -2.81. The fraction of sp³-hybridized carbons (Fsp3) is 0.455. The Balaban J connectivity index is 1.60. The summed E-state index contributed by atoms with van der Waals surface area (Å²) in [6, 6.07) is 8.43. The van der Waals surface area contributed by atoms with E-state index < -0.39 is 6.36 Å². The Morgan fingerprint density at radius 3 is 2.52 bits per heavy atom. The summed E-state index contributed by atoms with van der Waals surface area (Å²) in [5, 5.41) is 0. The first-order chi connectivity index (χ1) is 14.7. The number of rotatable bonds is 8. The van der Waals surface area contributed by atoms with Crippen LogP contribution < -0.4 is 9.47 Å². The number of ether oxygens (including phenoxy) is 2. The van der Waals surface area contributed by atoms with E-state index in [1.54, 1.807) is 12.1 Å². The summed E-state index contributed by atoms with van der Waals surface area (Å²) in [7, 11) is 2.07. The number of amides is 1. The Kier molecular flexibility index (Phi) is 7.37. The van der Waals surface area contributed by atoms with Gasteiger partial charge in [-0.3, -0.25) is 4.79 Å². The number of pyridine rings is 1. The molecule has 6 nitrogen and oxygen atoms in total. The SMILES string of the molecule is CCCN(C)C[C@@H]1CCCN1C(=O)c1ccc(Oc2ccc(OC(F)(F)F)cc2)nc1. The first kappa shape index (κ1) is 22.9. The number of aromatic nitrogens is 1. The second-order valence-corrected chi connectivity index (χ2v) is 7.56. The normalized spacial score (nSPS) is 16.6. The highest BCUT2D eigenvalue weighted by Gasteiger charge is 2.31. The van der Waals surface area contributed by atoms with Crippen LogP contribution in [0.4, 0.5) is 13.2 Å². The summed E-state index contributed by atoms with van der Waals surface area (Å²) in [6.45, 7) is 4.71. The first-order valence-corrected chi connectivity index (χ1v) is 10.2. The number of halogens is 3. The number of likely N-dealkylation sites (N-methyl/N-ethyl adjacent to an activating group) is 1. The number of nitrogens with zero attached hydrogens (tertiary/aromatic N) is 3. The van der Waals surface area contributed by atoms with Gasteiger partial charge in [-0.25, -0.2) is 4.98 Å². The van der Waals surface area contributed by atoms with Crippen molar-refractivity contribution in [1.29, 1.82) is 0 Å². The van der Waals surface area contributed by atoms with Gasteiger partial charge in [0, 0.05) is 31.4 Å². The van der Waals surface area contributed by atoms with Crippen LogP contribution in [0, 0.1) is 0 Å². The molecule has 2 aromatic rings. The van der Waals surface area contributed by atoms with Crippen molar-refractivity contribution in [2.24, 2.45) is 0 Å². The lowest BCUT2D eigenvalue weighted by atomic mass is 10.2. The average Bonchev–Trinajstić information content (AvgIpc) is 3.16. The van der Waals surface area contributed by atoms with E-state index in [0.29, 0.717) is 11.3 Å². The predicted molar refractivity (Wildman–Crippen MR) is 109 cm³/mol. The zero-order chi connectivity index (χ0) is 22.4. The van der Waals surface area contributed by atoms with Gasteiger partial charge in [-0.05, 0) is 63.2 Å². The molecular weight excluding hydrogens is 411 g/mol. The van der Waals surface area contributed by atoms with Crippen molar-refractivity contribution >= 4 is 5.91 Å². The molecule has 0 N–H and O–H groups in total. The van der Waals surface area contributed by atoms with Crippen molar-refractivity contribution in [3.05, 3.63) is 48.2 Å². The van der Waals surface area contributed by atoms with Crippen LogP contribution in [0.5, 0.6) is 17.4 Å². The minimum absolute atomic E-state index is 0.0555. The maximum absolute atomic E-state index is 12.9. The summed E-state index contributed by atoms with van der Waals surface area (Å²) in [6.07, 6.45) is -0.238. The molecule has 9 heteroatoms. The van der Waals surface area contributed by atoms with E-state index in [2.05, 4.69) is 28.6 Å². The van der Waals surface area contributed by atoms with Crippen LogP contribution in [0.1, 0.15) is 36.5 Å². The number of benzene rings is 1. The molecule has 1 aromatic heterocycles. The lowest BCUT2D eigenvalue weighted by molar-refractivity contribution is -0.274. The summed E-state index contributed by atoms with van der Waals surface area (Å²) < 4.78 is 46.1. The molecule has 3 rings (SSSR count). The van der Waals surface area contributed by atoms with Crippen molar-refractivity contribution in [1.82, 2.24) is 14.8 Å².